The predicted molar refractivity (Wildman–Crippen MR) is 150 cm³/mol. The lowest BCUT2D eigenvalue weighted by atomic mass is 10.1. The van der Waals surface area contributed by atoms with Crippen molar-refractivity contribution in [1.82, 2.24) is 4.90 Å². The van der Waals surface area contributed by atoms with E-state index in [1.165, 1.54) is 12.2 Å². The Morgan fingerprint density at radius 3 is 1.92 bits per heavy atom. The summed E-state index contributed by atoms with van der Waals surface area (Å²) in [5.41, 5.74) is 1.66. The molecule has 1 N–H and O–H groups in total. The highest BCUT2D eigenvalue weighted by molar-refractivity contribution is 5.90. The molecule has 0 radical (unpaired) electrons. The molecule has 0 unspecified atom stereocenters. The number of carbonyl (C=O) groups excluding carboxylic acids is 2. The second-order valence-corrected chi connectivity index (χ2v) is 10.0. The fourth-order valence-electron chi connectivity index (χ4n) is 3.03. The fourth-order valence-corrected chi connectivity index (χ4v) is 3.03. The first-order valence-corrected chi connectivity index (χ1v) is 13.1. The Bertz CT molecular complexity index is 871. The summed E-state index contributed by atoms with van der Waals surface area (Å²) >= 11 is 0. The molecule has 0 bridgehead atoms. The third kappa shape index (κ3) is 16.1. The second-order valence-electron chi connectivity index (χ2n) is 10.0. The number of hydrogen-bond acceptors (Lipinski definition) is 6. The third-order valence-corrected chi connectivity index (χ3v) is 5.52. The second kappa shape index (κ2) is 19.3. The van der Waals surface area contributed by atoms with Crippen LogP contribution in [0.3, 0.4) is 0 Å². The number of carbonyl (C=O) groups is 2. The van der Waals surface area contributed by atoms with E-state index in [1.54, 1.807) is 11.9 Å². The number of aldehydes is 1. The zero-order chi connectivity index (χ0) is 28.2. The maximum absolute atomic E-state index is 11.2. The number of likely N-dealkylation sites (N-methyl/N-ethyl adjacent to an activating group) is 1. The molecule has 2 rings (SSSR count). The summed E-state index contributed by atoms with van der Waals surface area (Å²) in [6, 6.07) is 20.0. The van der Waals surface area contributed by atoms with E-state index in [9.17, 15) is 14.7 Å². The zero-order valence-corrected chi connectivity index (χ0v) is 23.5. The van der Waals surface area contributed by atoms with Crippen molar-refractivity contribution in [1.29, 1.82) is 0 Å². The van der Waals surface area contributed by atoms with E-state index in [4.69, 9.17) is 14.2 Å². The number of ether oxygens (including phenoxy) is 3. The van der Waals surface area contributed by atoms with E-state index in [1.807, 2.05) is 74.5 Å². The van der Waals surface area contributed by atoms with Crippen molar-refractivity contribution in [3.8, 4) is 0 Å². The van der Waals surface area contributed by atoms with Crippen molar-refractivity contribution in [2.24, 2.45) is 5.92 Å². The van der Waals surface area contributed by atoms with Crippen LogP contribution >= 0.6 is 0 Å². The van der Waals surface area contributed by atoms with Crippen LogP contribution in [0, 0.1) is 5.92 Å². The maximum atomic E-state index is 11.2. The molecule has 0 aliphatic heterocycles. The van der Waals surface area contributed by atoms with Crippen LogP contribution in [0.5, 0.6) is 0 Å². The predicted octanol–water partition coefficient (Wildman–Crippen LogP) is 5.17. The molecule has 2 aromatic rings. The lowest BCUT2D eigenvalue weighted by Gasteiger charge is -2.25. The van der Waals surface area contributed by atoms with E-state index < -0.39 is 5.60 Å². The van der Waals surface area contributed by atoms with Gasteiger partial charge in [-0.3, -0.25) is 9.59 Å². The largest absolute Gasteiger partial charge is 0.393 e. The van der Waals surface area contributed by atoms with E-state index in [0.717, 1.165) is 24.1 Å². The fraction of sp³-hybridized carbons (Fsp3) is 0.484. The summed E-state index contributed by atoms with van der Waals surface area (Å²) in [6.45, 7) is 10.1. The van der Waals surface area contributed by atoms with Crippen LogP contribution in [0.2, 0.25) is 0 Å². The van der Waals surface area contributed by atoms with Gasteiger partial charge in [-0.2, -0.15) is 0 Å². The van der Waals surface area contributed by atoms with Crippen LogP contribution < -0.4 is 0 Å². The van der Waals surface area contributed by atoms with Gasteiger partial charge in [0.25, 0.3) is 0 Å². The summed E-state index contributed by atoms with van der Waals surface area (Å²) < 4.78 is 17.6. The van der Waals surface area contributed by atoms with Gasteiger partial charge in [-0.1, -0.05) is 74.5 Å². The number of rotatable bonds is 16. The average molecular weight is 528 g/mol. The molecule has 2 aromatic carbocycles. The van der Waals surface area contributed by atoms with Gasteiger partial charge in [0, 0.05) is 26.1 Å². The normalized spacial score (nSPS) is 11.5. The van der Waals surface area contributed by atoms with Gasteiger partial charge < -0.3 is 24.2 Å². The topological polar surface area (TPSA) is 85.3 Å². The van der Waals surface area contributed by atoms with Gasteiger partial charge in [-0.15, -0.1) is 0 Å². The summed E-state index contributed by atoms with van der Waals surface area (Å²) in [4.78, 5) is 22.7. The van der Waals surface area contributed by atoms with Crippen molar-refractivity contribution >= 4 is 12.2 Å². The van der Waals surface area contributed by atoms with Crippen molar-refractivity contribution in [2.75, 3.05) is 26.8 Å². The van der Waals surface area contributed by atoms with Crippen molar-refractivity contribution in [3.05, 3.63) is 83.9 Å². The minimum atomic E-state index is -0.552. The summed E-state index contributed by atoms with van der Waals surface area (Å²) in [6.07, 6.45) is 4.32. The lowest BCUT2D eigenvalue weighted by Crippen LogP contribution is -2.31. The number of allylic oxidation sites excluding steroid dienone is 1. The molecule has 0 fully saturated rings. The van der Waals surface area contributed by atoms with E-state index in [0.29, 0.717) is 38.4 Å². The quantitative estimate of drug-likeness (QED) is 0.184. The summed E-state index contributed by atoms with van der Waals surface area (Å²) in [7, 11) is 1.74. The monoisotopic (exact) mass is 527 g/mol. The first-order valence-electron chi connectivity index (χ1n) is 13.1. The molecule has 0 atom stereocenters. The number of aliphatic hydroxyl groups excluding tert-OH is 1. The van der Waals surface area contributed by atoms with Gasteiger partial charge in [0.15, 0.2) is 6.29 Å². The molecule has 0 heterocycles. The Balaban J connectivity index is 0.000000471. The van der Waals surface area contributed by atoms with E-state index in [2.05, 4.69) is 13.8 Å². The molecule has 210 valence electrons. The van der Waals surface area contributed by atoms with Crippen molar-refractivity contribution < 1.29 is 28.9 Å². The van der Waals surface area contributed by atoms with Crippen LogP contribution in [0.15, 0.2) is 72.8 Å². The molecular formula is C31H45NO6. The first-order chi connectivity index (χ1) is 18.2. The molecule has 0 aliphatic rings. The molecule has 0 saturated heterocycles. The van der Waals surface area contributed by atoms with Crippen molar-refractivity contribution in [3.63, 3.8) is 0 Å². The smallest absolute Gasteiger partial charge is 0.246 e. The minimum absolute atomic E-state index is 0.0204. The summed E-state index contributed by atoms with van der Waals surface area (Å²) in [5.74, 6) is 0.470. The molecular weight excluding hydrogens is 482 g/mol. The highest BCUT2D eigenvalue weighted by Gasteiger charge is 2.18. The number of hydrogen-bond donors (Lipinski definition) is 1. The number of benzene rings is 2. The van der Waals surface area contributed by atoms with Gasteiger partial charge in [-0.25, -0.2) is 0 Å². The number of aliphatic hydroxyl groups is 1. The van der Waals surface area contributed by atoms with Gasteiger partial charge in [0.2, 0.25) is 5.91 Å². The lowest BCUT2D eigenvalue weighted by molar-refractivity contribution is -0.173. The molecule has 0 saturated carbocycles. The van der Waals surface area contributed by atoms with Crippen LogP contribution in [0.25, 0.3) is 0 Å². The highest BCUT2D eigenvalue weighted by atomic mass is 16.7. The van der Waals surface area contributed by atoms with Crippen molar-refractivity contribution in [2.45, 2.75) is 65.6 Å². The Labute approximate surface area is 228 Å². The van der Waals surface area contributed by atoms with Crippen LogP contribution in [0.4, 0.5) is 0 Å². The minimum Gasteiger partial charge on any atom is -0.393 e. The molecule has 38 heavy (non-hydrogen) atoms. The van der Waals surface area contributed by atoms with E-state index >= 15 is 0 Å². The first kappa shape index (κ1) is 33.2. The van der Waals surface area contributed by atoms with Gasteiger partial charge in [-0.05, 0) is 43.4 Å². The molecule has 7 nitrogen and oxygen atoms in total. The maximum Gasteiger partial charge on any atom is 0.246 e. The van der Waals surface area contributed by atoms with E-state index in [-0.39, 0.29) is 18.8 Å². The van der Waals surface area contributed by atoms with Crippen LogP contribution in [-0.4, -0.2) is 60.9 Å². The Hall–Kier alpha value is -2.84. The molecule has 7 heteroatoms. The molecule has 0 aliphatic carbocycles. The van der Waals surface area contributed by atoms with Crippen LogP contribution in [-0.2, 0) is 37.0 Å². The Morgan fingerprint density at radius 2 is 1.47 bits per heavy atom. The number of nitrogens with zero attached hydrogens (tertiary/aromatic N) is 1. The molecule has 1 amide bonds. The van der Waals surface area contributed by atoms with Gasteiger partial charge in [0.05, 0.1) is 32.0 Å². The summed E-state index contributed by atoms with van der Waals surface area (Å²) in [5, 5.41) is 9.28. The Morgan fingerprint density at radius 1 is 0.947 bits per heavy atom. The third-order valence-electron chi connectivity index (χ3n) is 5.52. The average Bonchev–Trinajstić information content (AvgIpc) is 2.92. The molecule has 0 aromatic heterocycles. The van der Waals surface area contributed by atoms with Gasteiger partial charge >= 0.3 is 0 Å². The van der Waals surface area contributed by atoms with Gasteiger partial charge in [0.1, 0.15) is 6.29 Å². The van der Waals surface area contributed by atoms with Crippen LogP contribution in [0.1, 0.15) is 51.7 Å². The Kier molecular flexibility index (Phi) is 16.8. The standard InChI is InChI=1S/C21H28O4.C10H17NO2/c1-21(2,17-22)25-14-13-20(23-15-18-9-5-3-6-10-18)24-16-19-11-7-4-8-12-19;1-9(2)6-7-11(3)10(13)5-4-8-12/h3-12,20,22H,13-17H2,1-2H3;4-5,8-9H,6-7H2,1-3H3/b;5-4-. The number of amides is 1. The molecule has 0 spiro atoms. The zero-order valence-electron chi connectivity index (χ0n) is 23.5. The highest BCUT2D eigenvalue weighted by Crippen LogP contribution is 2.14. The SMILES string of the molecule is CC(C)(CO)OCCC(OCc1ccccc1)OCc1ccccc1.CC(C)CCN(C)C(=O)/C=C\C=O.